The molecule has 1 aliphatic heterocycles. The highest BCUT2D eigenvalue weighted by Crippen LogP contribution is 2.31. The van der Waals surface area contributed by atoms with Crippen molar-refractivity contribution in [1.82, 2.24) is 25.2 Å². The van der Waals surface area contributed by atoms with Crippen LogP contribution in [0.2, 0.25) is 0 Å². The monoisotopic (exact) mass is 655 g/mol. The molecule has 0 spiro atoms. The molecule has 252 valence electrons. The van der Waals surface area contributed by atoms with Crippen molar-refractivity contribution in [3.8, 4) is 0 Å². The molecule has 1 saturated heterocycles. The Morgan fingerprint density at radius 3 is 2.63 bits per heavy atom. The van der Waals surface area contributed by atoms with Crippen LogP contribution in [0.25, 0.3) is 16.8 Å². The summed E-state index contributed by atoms with van der Waals surface area (Å²) < 4.78 is 7.76. The zero-order chi connectivity index (χ0) is 33.7. The molecule has 2 aliphatic rings. The average molecular weight is 656 g/mol. The molecule has 12 heteroatoms. The number of hydrogen-bond acceptors (Lipinski definition) is 7. The number of likely N-dealkylation sites (tertiary alicyclic amines) is 1. The minimum absolute atomic E-state index is 0.0397. The lowest BCUT2D eigenvalue weighted by molar-refractivity contribution is -0.139. The summed E-state index contributed by atoms with van der Waals surface area (Å²) in [5, 5.41) is 7.21. The van der Waals surface area contributed by atoms with Crippen molar-refractivity contribution in [3.05, 3.63) is 65.1 Å². The van der Waals surface area contributed by atoms with Crippen molar-refractivity contribution in [2.45, 2.75) is 82.5 Å². The van der Waals surface area contributed by atoms with Gasteiger partial charge in [-0.3, -0.25) is 28.7 Å². The lowest BCUT2D eigenvalue weighted by Gasteiger charge is -2.26. The highest BCUT2D eigenvalue weighted by Gasteiger charge is 2.35. The number of fused-ring (bicyclic) bond motifs is 1. The Morgan fingerprint density at radius 1 is 1.20 bits per heavy atom. The molecular weight excluding hydrogens is 606 g/mol. The third-order valence-corrected chi connectivity index (χ3v) is 8.05. The fourth-order valence-electron chi connectivity index (χ4n) is 4.50. The Hall–Kier alpha value is -3.90. The van der Waals surface area contributed by atoms with Gasteiger partial charge in [0.05, 0.1) is 6.54 Å². The molecule has 2 unspecified atom stereocenters. The van der Waals surface area contributed by atoms with Gasteiger partial charge in [0.1, 0.15) is 12.1 Å². The van der Waals surface area contributed by atoms with Crippen LogP contribution in [0, 0.1) is 0 Å². The first-order valence-electron chi connectivity index (χ1n) is 15.9. The normalized spacial score (nSPS) is 16.0. The summed E-state index contributed by atoms with van der Waals surface area (Å²) in [5.41, 5.74) is 1.01. The maximum atomic E-state index is 12.6. The first-order valence-corrected chi connectivity index (χ1v) is 16.8. The quantitative estimate of drug-likeness (QED) is 0.0977. The van der Waals surface area contributed by atoms with Crippen molar-refractivity contribution in [2.75, 3.05) is 26.8 Å². The highest BCUT2D eigenvalue weighted by atomic mass is 32.2. The number of carbonyl (C=O) groups is 4. The molecule has 1 aliphatic carbocycles. The largest absolute Gasteiger partial charge is 0.385 e. The van der Waals surface area contributed by atoms with E-state index in [1.54, 1.807) is 19.4 Å². The SMILES string of the molecule is C=CCC(NC(=O)C1CCCN1C(=O)CNC=O)C(=O)NSC1CC1.CCC.COCCC/C=C/c1ccc2cc[nH]c(=O)c2c1. The van der Waals surface area contributed by atoms with Gasteiger partial charge in [0.25, 0.3) is 11.5 Å². The molecular formula is C34H49N5O6S. The molecule has 0 bridgehead atoms. The standard InChI is InChI=1S/C16H24N4O4S.C15H17NO2.C3H8/c1-2-4-12(15(23)19-25-11-6-7-11)18-16(24)13-5-3-8-20(13)14(22)9-17-10-21;1-18-10-4-2-3-5-12-6-7-13-8-9-16-15(17)14(13)11-12;1-3-2/h2,10-13H,1,3-9H2,(H,17,21)(H,18,24)(H,19,23);3,5-9,11H,2,4,10H2,1H3,(H,16,17);3H2,1-2H3/b;5-3+;. The lowest BCUT2D eigenvalue weighted by atomic mass is 10.1. The lowest BCUT2D eigenvalue weighted by Crippen LogP contribution is -2.53. The zero-order valence-electron chi connectivity index (χ0n) is 27.2. The second-order valence-corrected chi connectivity index (χ2v) is 12.1. The van der Waals surface area contributed by atoms with Crippen LogP contribution in [0.4, 0.5) is 0 Å². The Kier molecular flexibility index (Phi) is 18.1. The van der Waals surface area contributed by atoms with E-state index in [-0.39, 0.29) is 29.8 Å². The van der Waals surface area contributed by atoms with Gasteiger partial charge in [0.2, 0.25) is 18.2 Å². The van der Waals surface area contributed by atoms with Crippen LogP contribution in [0.5, 0.6) is 0 Å². The van der Waals surface area contributed by atoms with Gasteiger partial charge < -0.3 is 25.3 Å². The van der Waals surface area contributed by atoms with Gasteiger partial charge in [0.15, 0.2) is 0 Å². The van der Waals surface area contributed by atoms with Gasteiger partial charge in [-0.2, -0.15) is 0 Å². The van der Waals surface area contributed by atoms with Gasteiger partial charge in [-0.1, -0.05) is 50.6 Å². The number of nitrogens with one attached hydrogen (secondary N) is 4. The van der Waals surface area contributed by atoms with Crippen molar-refractivity contribution < 1.29 is 23.9 Å². The van der Waals surface area contributed by atoms with E-state index in [1.165, 1.54) is 23.3 Å². The molecule has 0 radical (unpaired) electrons. The Labute approximate surface area is 276 Å². The number of ether oxygens (including phenoxy) is 1. The summed E-state index contributed by atoms with van der Waals surface area (Å²) in [7, 11) is 1.71. The van der Waals surface area contributed by atoms with Gasteiger partial charge in [0, 0.05) is 37.1 Å². The molecule has 4 amide bonds. The van der Waals surface area contributed by atoms with E-state index in [1.807, 2.05) is 30.3 Å². The van der Waals surface area contributed by atoms with Crippen LogP contribution in [0.3, 0.4) is 0 Å². The number of benzene rings is 1. The first kappa shape index (κ1) is 38.3. The van der Waals surface area contributed by atoms with Crippen molar-refractivity contribution in [3.63, 3.8) is 0 Å². The van der Waals surface area contributed by atoms with Gasteiger partial charge in [-0.15, -0.1) is 6.58 Å². The third kappa shape index (κ3) is 13.6. The molecule has 4 N–H and O–H groups in total. The second-order valence-electron chi connectivity index (χ2n) is 11.0. The minimum atomic E-state index is -0.707. The van der Waals surface area contributed by atoms with E-state index >= 15 is 0 Å². The number of pyridine rings is 1. The summed E-state index contributed by atoms with van der Waals surface area (Å²) in [5.74, 6) is -0.919. The Balaban J connectivity index is 0.000000308. The van der Waals surface area contributed by atoms with E-state index in [0.717, 1.165) is 48.6 Å². The number of nitrogens with zero attached hydrogens (tertiary/aromatic N) is 1. The molecule has 46 heavy (non-hydrogen) atoms. The molecule has 2 heterocycles. The predicted molar refractivity (Wildman–Crippen MR) is 185 cm³/mol. The second kappa shape index (κ2) is 21.8. The number of methoxy groups -OCH3 is 1. The summed E-state index contributed by atoms with van der Waals surface area (Å²) in [6.07, 6.45) is 14.9. The third-order valence-electron chi connectivity index (χ3n) is 6.93. The van der Waals surface area contributed by atoms with E-state index in [2.05, 4.69) is 46.8 Å². The number of amides is 4. The van der Waals surface area contributed by atoms with Gasteiger partial charge in [-0.25, -0.2) is 0 Å². The number of carbonyl (C=O) groups excluding carboxylic acids is 4. The van der Waals surface area contributed by atoms with E-state index in [0.29, 0.717) is 37.5 Å². The number of aromatic amines is 1. The molecule has 1 aromatic carbocycles. The number of rotatable bonds is 15. The molecule has 2 atom stereocenters. The molecule has 4 rings (SSSR count). The van der Waals surface area contributed by atoms with Crippen molar-refractivity contribution in [1.29, 1.82) is 0 Å². The summed E-state index contributed by atoms with van der Waals surface area (Å²) in [6.45, 7) is 8.99. The maximum Gasteiger partial charge on any atom is 0.255 e. The number of aromatic nitrogens is 1. The van der Waals surface area contributed by atoms with Crippen molar-refractivity contribution >= 4 is 52.9 Å². The number of hydrogen-bond donors (Lipinski definition) is 4. The topological polar surface area (TPSA) is 150 Å². The smallest absolute Gasteiger partial charge is 0.255 e. The summed E-state index contributed by atoms with van der Waals surface area (Å²) >= 11 is 1.39. The Morgan fingerprint density at radius 2 is 1.96 bits per heavy atom. The van der Waals surface area contributed by atoms with Gasteiger partial charge in [-0.05, 0) is 80.0 Å². The van der Waals surface area contributed by atoms with E-state index in [9.17, 15) is 24.0 Å². The number of unbranched alkanes of at least 4 members (excludes halogenated alkanes) is 1. The average Bonchev–Trinajstić information content (AvgIpc) is 3.75. The summed E-state index contributed by atoms with van der Waals surface area (Å²) in [6, 6.07) is 6.50. The summed E-state index contributed by atoms with van der Waals surface area (Å²) in [4.78, 5) is 63.0. The maximum absolute atomic E-state index is 12.6. The molecule has 1 aromatic heterocycles. The van der Waals surface area contributed by atoms with Gasteiger partial charge >= 0.3 is 0 Å². The van der Waals surface area contributed by atoms with Crippen LogP contribution in [-0.4, -0.2) is 78.2 Å². The van der Waals surface area contributed by atoms with Crippen molar-refractivity contribution in [2.24, 2.45) is 0 Å². The number of allylic oxidation sites excluding steroid dienone is 1. The highest BCUT2D eigenvalue weighted by molar-refractivity contribution is 7.98. The number of H-pyrrole nitrogens is 1. The fraction of sp³-hybridized carbons (Fsp3) is 0.500. The van der Waals surface area contributed by atoms with Crippen LogP contribution in [-0.2, 0) is 23.9 Å². The molecule has 2 aromatic rings. The van der Waals surface area contributed by atoms with Crippen LogP contribution in [0.15, 0.2) is 54.0 Å². The molecule has 11 nitrogen and oxygen atoms in total. The minimum Gasteiger partial charge on any atom is -0.385 e. The predicted octanol–water partition coefficient (Wildman–Crippen LogP) is 4.10. The van der Waals surface area contributed by atoms with E-state index in [4.69, 9.17) is 4.74 Å². The van der Waals surface area contributed by atoms with Crippen LogP contribution in [0.1, 0.15) is 70.8 Å². The Bertz CT molecular complexity index is 1360. The zero-order valence-corrected chi connectivity index (χ0v) is 28.0. The van der Waals surface area contributed by atoms with Crippen LogP contribution >= 0.6 is 11.9 Å². The molecule has 2 fully saturated rings. The van der Waals surface area contributed by atoms with E-state index < -0.39 is 12.1 Å². The fourth-order valence-corrected chi connectivity index (χ4v) is 5.30. The van der Waals surface area contributed by atoms with Crippen LogP contribution < -0.4 is 20.9 Å². The first-order chi connectivity index (χ1) is 22.3. The molecule has 1 saturated carbocycles.